The number of benzene rings is 1. The maximum absolute atomic E-state index is 5.67. The molecule has 0 saturated heterocycles. The Balaban J connectivity index is 2.14. The van der Waals surface area contributed by atoms with Crippen LogP contribution in [0.4, 0.5) is 0 Å². The number of hydrogen-bond donors (Lipinski definition) is 0. The maximum Gasteiger partial charge on any atom is 0.132 e. The van der Waals surface area contributed by atoms with Crippen LogP contribution >= 0.6 is 27.5 Å². The maximum atomic E-state index is 5.67. The van der Waals surface area contributed by atoms with Crippen LogP contribution in [0.25, 0.3) is 0 Å². The molecular weight excluding hydrogens is 288 g/mol. The quantitative estimate of drug-likeness (QED) is 0.810. The number of nitrogens with zero attached hydrogens (tertiary/aromatic N) is 2. The second-order valence-electron chi connectivity index (χ2n) is 3.45. The molecule has 0 amide bonds. The zero-order chi connectivity index (χ0) is 11.4. The van der Waals surface area contributed by atoms with E-state index in [9.17, 15) is 0 Å². The van der Waals surface area contributed by atoms with Gasteiger partial charge in [0, 0.05) is 28.9 Å². The molecule has 0 saturated carbocycles. The molecule has 0 unspecified atom stereocenters. The van der Waals surface area contributed by atoms with Crippen molar-refractivity contribution in [1.82, 2.24) is 9.97 Å². The van der Waals surface area contributed by atoms with E-state index in [4.69, 9.17) is 11.6 Å². The predicted molar refractivity (Wildman–Crippen MR) is 68.5 cm³/mol. The number of rotatable bonds is 3. The molecule has 0 atom stereocenters. The van der Waals surface area contributed by atoms with Crippen LogP contribution < -0.4 is 0 Å². The zero-order valence-electron chi connectivity index (χ0n) is 8.53. The summed E-state index contributed by atoms with van der Waals surface area (Å²) in [6, 6.07) is 8.13. The minimum atomic E-state index is 0.456. The van der Waals surface area contributed by atoms with Gasteiger partial charge in [-0.15, -0.1) is 11.6 Å². The summed E-state index contributed by atoms with van der Waals surface area (Å²) in [7, 11) is 0. The average Bonchev–Trinajstić information content (AvgIpc) is 2.30. The second kappa shape index (κ2) is 5.41. The first-order chi connectivity index (χ1) is 7.78. The largest absolute Gasteiger partial charge is 0.241 e. The third kappa shape index (κ3) is 3.03. The molecule has 1 heterocycles. The first-order valence-electron chi connectivity index (χ1n) is 4.88. The zero-order valence-corrected chi connectivity index (χ0v) is 10.9. The first kappa shape index (κ1) is 11.6. The van der Waals surface area contributed by atoms with Crippen LogP contribution in [-0.4, -0.2) is 9.97 Å². The molecule has 0 radical (unpaired) electrons. The van der Waals surface area contributed by atoms with Gasteiger partial charge < -0.3 is 0 Å². The van der Waals surface area contributed by atoms with Gasteiger partial charge in [0.05, 0.1) is 5.88 Å². The molecule has 0 spiro atoms. The molecule has 1 aromatic heterocycles. The molecule has 2 aromatic rings. The van der Waals surface area contributed by atoms with E-state index >= 15 is 0 Å². The summed E-state index contributed by atoms with van der Waals surface area (Å²) in [4.78, 5) is 8.53. The van der Waals surface area contributed by atoms with Crippen molar-refractivity contribution in [2.45, 2.75) is 12.3 Å². The summed E-state index contributed by atoms with van der Waals surface area (Å²) in [6.45, 7) is 0. The van der Waals surface area contributed by atoms with Gasteiger partial charge in [0.15, 0.2) is 0 Å². The van der Waals surface area contributed by atoms with E-state index in [1.54, 1.807) is 12.4 Å². The fourth-order valence-electron chi connectivity index (χ4n) is 1.37. The Hall–Kier alpha value is -0.930. The van der Waals surface area contributed by atoms with Gasteiger partial charge in [-0.3, -0.25) is 0 Å². The Morgan fingerprint density at radius 2 is 1.88 bits per heavy atom. The van der Waals surface area contributed by atoms with Crippen LogP contribution in [0.5, 0.6) is 0 Å². The SMILES string of the molecule is ClCc1cnc(Cc2cccc(Br)c2)nc1. The molecule has 2 rings (SSSR count). The standard InChI is InChI=1S/C12H10BrClN2/c13-11-3-1-2-9(4-11)5-12-15-7-10(6-14)8-16-12/h1-4,7-8H,5-6H2. The monoisotopic (exact) mass is 296 g/mol. The fourth-order valence-corrected chi connectivity index (χ4v) is 1.96. The Labute approximate surface area is 108 Å². The third-order valence-corrected chi connectivity index (χ3v) is 2.97. The highest BCUT2D eigenvalue weighted by molar-refractivity contribution is 9.10. The van der Waals surface area contributed by atoms with Crippen LogP contribution in [0.15, 0.2) is 41.1 Å². The van der Waals surface area contributed by atoms with Gasteiger partial charge in [-0.1, -0.05) is 28.1 Å². The van der Waals surface area contributed by atoms with Gasteiger partial charge in [-0.25, -0.2) is 9.97 Å². The van der Waals surface area contributed by atoms with E-state index in [1.807, 2.05) is 12.1 Å². The lowest BCUT2D eigenvalue weighted by Crippen LogP contribution is -1.97. The highest BCUT2D eigenvalue weighted by atomic mass is 79.9. The molecule has 0 N–H and O–H groups in total. The molecule has 82 valence electrons. The van der Waals surface area contributed by atoms with Crippen molar-refractivity contribution in [2.24, 2.45) is 0 Å². The molecule has 4 heteroatoms. The van der Waals surface area contributed by atoms with Crippen LogP contribution in [0.2, 0.25) is 0 Å². The lowest BCUT2D eigenvalue weighted by molar-refractivity contribution is 0.952. The number of halogens is 2. The summed E-state index contributed by atoms with van der Waals surface area (Å²) in [5.41, 5.74) is 2.13. The summed E-state index contributed by atoms with van der Waals surface area (Å²) in [5.74, 6) is 1.27. The minimum absolute atomic E-state index is 0.456. The van der Waals surface area contributed by atoms with Crippen molar-refractivity contribution in [3.05, 3.63) is 58.1 Å². The Morgan fingerprint density at radius 3 is 2.50 bits per heavy atom. The molecule has 1 aromatic carbocycles. The van der Waals surface area contributed by atoms with Gasteiger partial charge in [0.2, 0.25) is 0 Å². The van der Waals surface area contributed by atoms with E-state index in [0.29, 0.717) is 5.88 Å². The molecule has 0 fully saturated rings. The van der Waals surface area contributed by atoms with Crippen molar-refractivity contribution in [1.29, 1.82) is 0 Å². The van der Waals surface area contributed by atoms with Gasteiger partial charge in [-0.2, -0.15) is 0 Å². The smallest absolute Gasteiger partial charge is 0.132 e. The van der Waals surface area contributed by atoms with E-state index in [0.717, 1.165) is 22.3 Å². The summed E-state index contributed by atoms with van der Waals surface area (Å²) in [5, 5.41) is 0. The van der Waals surface area contributed by atoms with Crippen LogP contribution in [0, 0.1) is 0 Å². The molecule has 0 aliphatic rings. The van der Waals surface area contributed by atoms with Gasteiger partial charge in [0.25, 0.3) is 0 Å². The second-order valence-corrected chi connectivity index (χ2v) is 4.63. The molecule has 16 heavy (non-hydrogen) atoms. The number of aromatic nitrogens is 2. The Bertz CT molecular complexity index is 471. The normalized spacial score (nSPS) is 10.4. The predicted octanol–water partition coefficient (Wildman–Crippen LogP) is 3.57. The minimum Gasteiger partial charge on any atom is -0.241 e. The summed E-state index contributed by atoms with van der Waals surface area (Å²) in [6.07, 6.45) is 4.28. The third-order valence-electron chi connectivity index (χ3n) is 2.16. The van der Waals surface area contributed by atoms with Crippen LogP contribution in [-0.2, 0) is 12.3 Å². The average molecular weight is 298 g/mol. The van der Waals surface area contributed by atoms with Crippen molar-refractivity contribution in [2.75, 3.05) is 0 Å². The highest BCUT2D eigenvalue weighted by Crippen LogP contribution is 2.13. The number of alkyl halides is 1. The first-order valence-corrected chi connectivity index (χ1v) is 6.21. The number of hydrogen-bond acceptors (Lipinski definition) is 2. The van der Waals surface area contributed by atoms with Gasteiger partial charge in [0.1, 0.15) is 5.82 Å². The van der Waals surface area contributed by atoms with E-state index in [1.165, 1.54) is 5.56 Å². The van der Waals surface area contributed by atoms with Crippen molar-refractivity contribution in [3.63, 3.8) is 0 Å². The molecule has 0 aliphatic carbocycles. The lowest BCUT2D eigenvalue weighted by Gasteiger charge is -2.01. The molecule has 0 aliphatic heterocycles. The van der Waals surface area contributed by atoms with Gasteiger partial charge in [-0.05, 0) is 17.7 Å². The van der Waals surface area contributed by atoms with Crippen molar-refractivity contribution in [3.8, 4) is 0 Å². The summed E-state index contributed by atoms with van der Waals surface area (Å²) < 4.78 is 1.07. The highest BCUT2D eigenvalue weighted by Gasteiger charge is 2.00. The van der Waals surface area contributed by atoms with Crippen molar-refractivity contribution < 1.29 is 0 Å². The van der Waals surface area contributed by atoms with Crippen molar-refractivity contribution >= 4 is 27.5 Å². The van der Waals surface area contributed by atoms with E-state index in [2.05, 4.69) is 38.0 Å². The fraction of sp³-hybridized carbons (Fsp3) is 0.167. The Kier molecular flexibility index (Phi) is 3.91. The van der Waals surface area contributed by atoms with Gasteiger partial charge >= 0.3 is 0 Å². The van der Waals surface area contributed by atoms with E-state index < -0.39 is 0 Å². The topological polar surface area (TPSA) is 25.8 Å². The Morgan fingerprint density at radius 1 is 1.12 bits per heavy atom. The van der Waals surface area contributed by atoms with E-state index in [-0.39, 0.29) is 0 Å². The summed E-state index contributed by atoms with van der Waals surface area (Å²) >= 11 is 9.11. The molecule has 2 nitrogen and oxygen atoms in total. The molecular formula is C12H10BrClN2. The van der Waals surface area contributed by atoms with Crippen LogP contribution in [0.1, 0.15) is 17.0 Å². The van der Waals surface area contributed by atoms with Crippen LogP contribution in [0.3, 0.4) is 0 Å². The lowest BCUT2D eigenvalue weighted by atomic mass is 10.1. The molecule has 0 bridgehead atoms.